The number of aromatic nitrogens is 3. The molecule has 17 heavy (non-hydrogen) atoms. The first-order chi connectivity index (χ1) is 7.79. The van der Waals surface area contributed by atoms with Crippen LogP contribution in [0.3, 0.4) is 0 Å². The van der Waals surface area contributed by atoms with E-state index in [0.29, 0.717) is 6.54 Å². The van der Waals surface area contributed by atoms with Crippen LogP contribution in [0.5, 0.6) is 0 Å². The number of hydrogen-bond donors (Lipinski definition) is 0. The summed E-state index contributed by atoms with van der Waals surface area (Å²) in [5, 5.41) is 0. The van der Waals surface area contributed by atoms with E-state index in [1.807, 2.05) is 23.6 Å². The second-order valence-electron chi connectivity index (χ2n) is 5.78. The van der Waals surface area contributed by atoms with Crippen LogP contribution >= 0.6 is 0 Å². The third-order valence-electron chi connectivity index (χ3n) is 2.75. The fraction of sp³-hybridized carbons (Fsp3) is 0.538. The Kier molecular flexibility index (Phi) is 2.60. The van der Waals surface area contributed by atoms with Crippen LogP contribution in [0.1, 0.15) is 26.5 Å². The fourth-order valence-electron chi connectivity index (χ4n) is 2.00. The molecule has 0 unspecified atom stereocenters. The lowest BCUT2D eigenvalue weighted by molar-refractivity contribution is 0.342. The topological polar surface area (TPSA) is 39.8 Å². The van der Waals surface area contributed by atoms with Gasteiger partial charge in [-0.2, -0.15) is 0 Å². The predicted octanol–water partition coefficient (Wildman–Crippen LogP) is 2.09. The van der Waals surface area contributed by atoms with Gasteiger partial charge in [-0.25, -0.2) is 9.78 Å². The zero-order valence-corrected chi connectivity index (χ0v) is 11.1. The first-order valence-electron chi connectivity index (χ1n) is 5.82. The lowest BCUT2D eigenvalue weighted by atomic mass is 9.97. The van der Waals surface area contributed by atoms with Crippen LogP contribution in [0, 0.1) is 12.3 Å². The van der Waals surface area contributed by atoms with Crippen LogP contribution in [-0.4, -0.2) is 14.1 Å². The first kappa shape index (κ1) is 11.9. The van der Waals surface area contributed by atoms with Crippen molar-refractivity contribution in [3.63, 3.8) is 0 Å². The third-order valence-corrected chi connectivity index (χ3v) is 2.75. The standard InChI is InChI=1S/C13H19N3O/c1-9-6-7-10-11(14-9)15(5)12(17)16(10)8-13(2,3)4/h6-7H,8H2,1-5H3. The van der Waals surface area contributed by atoms with Crippen molar-refractivity contribution in [1.29, 1.82) is 0 Å². The quantitative estimate of drug-likeness (QED) is 0.756. The average molecular weight is 233 g/mol. The third kappa shape index (κ3) is 2.12. The smallest absolute Gasteiger partial charge is 0.290 e. The minimum atomic E-state index is 0.00743. The van der Waals surface area contributed by atoms with Crippen LogP contribution < -0.4 is 5.69 Å². The Bertz CT molecular complexity index is 614. The molecule has 92 valence electrons. The van der Waals surface area contributed by atoms with E-state index in [4.69, 9.17) is 0 Å². The van der Waals surface area contributed by atoms with Crippen molar-refractivity contribution in [2.75, 3.05) is 0 Å². The molecule has 4 heteroatoms. The van der Waals surface area contributed by atoms with E-state index in [0.717, 1.165) is 16.9 Å². The summed E-state index contributed by atoms with van der Waals surface area (Å²) >= 11 is 0. The van der Waals surface area contributed by atoms with Crippen molar-refractivity contribution in [3.05, 3.63) is 28.3 Å². The molecule has 0 aromatic carbocycles. The number of nitrogens with zero attached hydrogens (tertiary/aromatic N) is 3. The molecule has 0 amide bonds. The molecule has 0 radical (unpaired) electrons. The van der Waals surface area contributed by atoms with Crippen molar-refractivity contribution in [2.45, 2.75) is 34.2 Å². The van der Waals surface area contributed by atoms with Crippen LogP contribution in [-0.2, 0) is 13.6 Å². The lowest BCUT2D eigenvalue weighted by Crippen LogP contribution is -2.27. The molecular formula is C13H19N3O. The van der Waals surface area contributed by atoms with Gasteiger partial charge in [0, 0.05) is 19.3 Å². The molecule has 0 aliphatic rings. The maximum atomic E-state index is 12.2. The summed E-state index contributed by atoms with van der Waals surface area (Å²) in [5.74, 6) is 0. The minimum absolute atomic E-state index is 0.00743. The van der Waals surface area contributed by atoms with E-state index in [9.17, 15) is 4.79 Å². The number of rotatable bonds is 1. The summed E-state index contributed by atoms with van der Waals surface area (Å²) in [5.41, 5.74) is 2.69. The summed E-state index contributed by atoms with van der Waals surface area (Å²) < 4.78 is 3.43. The number of fused-ring (bicyclic) bond motifs is 1. The highest BCUT2D eigenvalue weighted by molar-refractivity contribution is 5.71. The molecular weight excluding hydrogens is 214 g/mol. The monoisotopic (exact) mass is 233 g/mol. The van der Waals surface area contributed by atoms with Gasteiger partial charge in [0.05, 0.1) is 5.52 Å². The van der Waals surface area contributed by atoms with E-state index in [1.54, 1.807) is 11.6 Å². The molecule has 0 saturated heterocycles. The maximum absolute atomic E-state index is 12.2. The summed E-state index contributed by atoms with van der Waals surface area (Å²) in [6.45, 7) is 9.01. The average Bonchev–Trinajstić information content (AvgIpc) is 2.42. The first-order valence-corrected chi connectivity index (χ1v) is 5.82. The molecule has 0 fully saturated rings. The molecule has 0 bridgehead atoms. The van der Waals surface area contributed by atoms with Gasteiger partial charge in [-0.05, 0) is 24.5 Å². The highest BCUT2D eigenvalue weighted by atomic mass is 16.1. The zero-order valence-electron chi connectivity index (χ0n) is 11.1. The Hall–Kier alpha value is -1.58. The molecule has 2 aromatic rings. The maximum Gasteiger partial charge on any atom is 0.330 e. The van der Waals surface area contributed by atoms with E-state index in [2.05, 4.69) is 25.8 Å². The van der Waals surface area contributed by atoms with Crippen molar-refractivity contribution >= 4 is 11.2 Å². The number of imidazole rings is 1. The van der Waals surface area contributed by atoms with Crippen molar-refractivity contribution in [2.24, 2.45) is 12.5 Å². The van der Waals surface area contributed by atoms with Crippen molar-refractivity contribution < 1.29 is 0 Å². The second kappa shape index (κ2) is 3.72. The Balaban J connectivity index is 2.72. The molecule has 2 aromatic heterocycles. The van der Waals surface area contributed by atoms with Gasteiger partial charge in [-0.1, -0.05) is 20.8 Å². The molecule has 2 heterocycles. The Morgan fingerprint density at radius 1 is 1.29 bits per heavy atom. The fourth-order valence-corrected chi connectivity index (χ4v) is 2.00. The molecule has 4 nitrogen and oxygen atoms in total. The normalized spacial score (nSPS) is 12.3. The van der Waals surface area contributed by atoms with Gasteiger partial charge in [0.25, 0.3) is 0 Å². The second-order valence-corrected chi connectivity index (χ2v) is 5.78. The number of hydrogen-bond acceptors (Lipinski definition) is 2. The van der Waals surface area contributed by atoms with Crippen LogP contribution in [0.25, 0.3) is 11.2 Å². The number of pyridine rings is 1. The highest BCUT2D eigenvalue weighted by Gasteiger charge is 2.17. The molecule has 0 atom stereocenters. The van der Waals surface area contributed by atoms with Gasteiger partial charge >= 0.3 is 5.69 Å². The van der Waals surface area contributed by atoms with Gasteiger partial charge in [-0.15, -0.1) is 0 Å². The van der Waals surface area contributed by atoms with Gasteiger partial charge in [-0.3, -0.25) is 9.13 Å². The van der Waals surface area contributed by atoms with Gasteiger partial charge in [0.2, 0.25) is 0 Å². The summed E-state index contributed by atoms with van der Waals surface area (Å²) in [6, 6.07) is 3.92. The number of aryl methyl sites for hydroxylation is 2. The molecule has 0 spiro atoms. The molecule has 0 N–H and O–H groups in total. The summed E-state index contributed by atoms with van der Waals surface area (Å²) in [6.07, 6.45) is 0. The molecule has 0 saturated carbocycles. The lowest BCUT2D eigenvalue weighted by Gasteiger charge is -2.18. The zero-order chi connectivity index (χ0) is 12.8. The van der Waals surface area contributed by atoms with Crippen molar-refractivity contribution in [1.82, 2.24) is 14.1 Å². The van der Waals surface area contributed by atoms with E-state index in [1.165, 1.54) is 0 Å². The predicted molar refractivity (Wildman–Crippen MR) is 69.2 cm³/mol. The van der Waals surface area contributed by atoms with Crippen LogP contribution in [0.2, 0.25) is 0 Å². The van der Waals surface area contributed by atoms with Gasteiger partial charge in [0.15, 0.2) is 5.65 Å². The van der Waals surface area contributed by atoms with Crippen molar-refractivity contribution in [3.8, 4) is 0 Å². The minimum Gasteiger partial charge on any atom is -0.290 e. The van der Waals surface area contributed by atoms with Gasteiger partial charge < -0.3 is 0 Å². The van der Waals surface area contributed by atoms with Crippen LogP contribution in [0.4, 0.5) is 0 Å². The SMILES string of the molecule is Cc1ccc2c(n1)n(C)c(=O)n2CC(C)(C)C. The summed E-state index contributed by atoms with van der Waals surface area (Å²) in [4.78, 5) is 16.6. The Morgan fingerprint density at radius 2 is 1.94 bits per heavy atom. The molecule has 0 aliphatic carbocycles. The summed E-state index contributed by atoms with van der Waals surface area (Å²) in [7, 11) is 1.77. The molecule has 0 aliphatic heterocycles. The van der Waals surface area contributed by atoms with E-state index >= 15 is 0 Å². The van der Waals surface area contributed by atoms with E-state index in [-0.39, 0.29) is 11.1 Å². The largest absolute Gasteiger partial charge is 0.330 e. The Morgan fingerprint density at radius 3 is 2.53 bits per heavy atom. The van der Waals surface area contributed by atoms with E-state index < -0.39 is 0 Å². The molecule has 2 rings (SSSR count). The Labute approximate surface area is 101 Å². The van der Waals surface area contributed by atoms with Gasteiger partial charge in [0.1, 0.15) is 0 Å². The highest BCUT2D eigenvalue weighted by Crippen LogP contribution is 2.19. The van der Waals surface area contributed by atoms with Crippen LogP contribution in [0.15, 0.2) is 16.9 Å².